The van der Waals surface area contributed by atoms with E-state index >= 15 is 0 Å². The third kappa shape index (κ3) is 2.85. The van der Waals surface area contributed by atoms with E-state index in [9.17, 15) is 4.39 Å². The van der Waals surface area contributed by atoms with Crippen LogP contribution in [-0.4, -0.2) is 10.2 Å². The average molecular weight is 239 g/mol. The van der Waals surface area contributed by atoms with E-state index in [1.54, 1.807) is 13.8 Å². The third-order valence-corrected chi connectivity index (χ3v) is 2.20. The molecule has 0 amide bonds. The van der Waals surface area contributed by atoms with E-state index in [-0.39, 0.29) is 21.9 Å². The topological polar surface area (TPSA) is 40.5 Å². The average Bonchev–Trinajstić information content (AvgIpc) is 2.00. The molecule has 0 saturated heterocycles. The number of aliphatic hydroxyl groups excluding tert-OH is 2. The van der Waals surface area contributed by atoms with Crippen LogP contribution in [0.15, 0.2) is 21.8 Å². The van der Waals surface area contributed by atoms with Gasteiger partial charge in [-0.05, 0) is 22.9 Å². The summed E-state index contributed by atoms with van der Waals surface area (Å²) >= 11 is 2.81. The quantitative estimate of drug-likeness (QED) is 0.571. The highest BCUT2D eigenvalue weighted by Gasteiger charge is 2.13. The Morgan fingerprint density at radius 2 is 1.75 bits per heavy atom. The summed E-state index contributed by atoms with van der Waals surface area (Å²) in [6.45, 7) is 4.64. The van der Waals surface area contributed by atoms with Crippen LogP contribution in [0, 0.1) is 5.92 Å². The van der Waals surface area contributed by atoms with Crippen molar-refractivity contribution in [2.24, 2.45) is 5.92 Å². The Morgan fingerprint density at radius 1 is 1.33 bits per heavy atom. The maximum absolute atomic E-state index is 13.1. The molecule has 2 nitrogen and oxygen atoms in total. The minimum absolute atomic E-state index is 0.103. The third-order valence-electron chi connectivity index (χ3n) is 1.28. The van der Waals surface area contributed by atoms with E-state index in [1.165, 1.54) is 6.92 Å². The van der Waals surface area contributed by atoms with Gasteiger partial charge in [0.15, 0.2) is 5.83 Å². The number of aliphatic hydroxyl groups is 2. The van der Waals surface area contributed by atoms with Crippen molar-refractivity contribution < 1.29 is 14.6 Å². The fourth-order valence-corrected chi connectivity index (χ4v) is 0.728. The second kappa shape index (κ2) is 4.50. The summed E-state index contributed by atoms with van der Waals surface area (Å²) in [5.74, 6) is -1.67. The Balaban J connectivity index is 4.93. The highest BCUT2D eigenvalue weighted by molar-refractivity contribution is 9.12. The molecule has 0 heterocycles. The van der Waals surface area contributed by atoms with Gasteiger partial charge in [-0.2, -0.15) is 0 Å². The second-order valence-corrected chi connectivity index (χ2v) is 3.55. The van der Waals surface area contributed by atoms with Gasteiger partial charge in [0.2, 0.25) is 0 Å². The van der Waals surface area contributed by atoms with Gasteiger partial charge in [-0.1, -0.05) is 13.8 Å². The number of allylic oxidation sites excluding steroid dienone is 4. The van der Waals surface area contributed by atoms with Crippen LogP contribution in [0.4, 0.5) is 4.39 Å². The van der Waals surface area contributed by atoms with Crippen molar-refractivity contribution in [2.75, 3.05) is 0 Å². The molecule has 4 heteroatoms. The zero-order valence-corrected chi connectivity index (χ0v) is 8.81. The Kier molecular flexibility index (Phi) is 4.31. The molecule has 0 saturated carbocycles. The van der Waals surface area contributed by atoms with Crippen LogP contribution in [0.5, 0.6) is 0 Å². The maximum atomic E-state index is 13.1. The van der Waals surface area contributed by atoms with Crippen molar-refractivity contribution in [3.05, 3.63) is 21.8 Å². The Morgan fingerprint density at radius 3 is 2.00 bits per heavy atom. The zero-order valence-electron chi connectivity index (χ0n) is 7.23. The van der Waals surface area contributed by atoms with Gasteiger partial charge < -0.3 is 10.2 Å². The van der Waals surface area contributed by atoms with Crippen molar-refractivity contribution in [3.8, 4) is 0 Å². The van der Waals surface area contributed by atoms with Crippen LogP contribution in [-0.2, 0) is 0 Å². The summed E-state index contributed by atoms with van der Waals surface area (Å²) in [6, 6.07) is 0. The molecule has 0 atom stereocenters. The standard InChI is InChI=1S/C8H12BrFO2/c1-4(2)8(12)7(10)6(9)5(3)11/h4,11-12H,1-3H3/b6-5-,8-7-. The lowest BCUT2D eigenvalue weighted by atomic mass is 10.1. The van der Waals surface area contributed by atoms with Crippen LogP contribution in [0.25, 0.3) is 0 Å². The smallest absolute Gasteiger partial charge is 0.178 e. The first-order valence-electron chi connectivity index (χ1n) is 3.52. The summed E-state index contributed by atoms with van der Waals surface area (Å²) in [4.78, 5) is 0. The van der Waals surface area contributed by atoms with E-state index in [4.69, 9.17) is 10.2 Å². The molecule has 2 N–H and O–H groups in total. The predicted octanol–water partition coefficient (Wildman–Crippen LogP) is 3.57. The van der Waals surface area contributed by atoms with E-state index in [0.717, 1.165) is 0 Å². The van der Waals surface area contributed by atoms with Crippen molar-refractivity contribution in [1.82, 2.24) is 0 Å². The van der Waals surface area contributed by atoms with Crippen molar-refractivity contribution >= 4 is 15.9 Å². The molecule has 0 aromatic rings. The zero-order chi connectivity index (χ0) is 9.89. The molecule has 70 valence electrons. The Labute approximate surface area is 79.5 Å². The molecule has 12 heavy (non-hydrogen) atoms. The number of hydrogen-bond donors (Lipinski definition) is 2. The van der Waals surface area contributed by atoms with E-state index in [2.05, 4.69) is 15.9 Å². The molecule has 0 aromatic heterocycles. The highest BCUT2D eigenvalue weighted by atomic mass is 79.9. The molecule has 0 bridgehead atoms. The molecule has 0 unspecified atom stereocenters. The number of hydrogen-bond acceptors (Lipinski definition) is 2. The summed E-state index contributed by atoms with van der Waals surface area (Å²) in [7, 11) is 0. The van der Waals surface area contributed by atoms with Gasteiger partial charge >= 0.3 is 0 Å². The summed E-state index contributed by atoms with van der Waals surface area (Å²) < 4.78 is 13.0. The van der Waals surface area contributed by atoms with Crippen molar-refractivity contribution in [3.63, 3.8) is 0 Å². The molecular formula is C8H12BrFO2. The normalized spacial score (nSPS) is 15.8. The minimum atomic E-state index is -0.815. The maximum Gasteiger partial charge on any atom is 0.178 e. The Bertz CT molecular complexity index is 227. The summed E-state index contributed by atoms with van der Waals surface area (Å²) in [6.07, 6.45) is 0. The highest BCUT2D eigenvalue weighted by Crippen LogP contribution is 2.26. The van der Waals surface area contributed by atoms with Gasteiger partial charge in [-0.3, -0.25) is 0 Å². The molecular weight excluding hydrogens is 227 g/mol. The summed E-state index contributed by atoms with van der Waals surface area (Å²) in [5.41, 5.74) is 0. The predicted molar refractivity (Wildman–Crippen MR) is 49.9 cm³/mol. The van der Waals surface area contributed by atoms with Crippen LogP contribution < -0.4 is 0 Å². The monoisotopic (exact) mass is 238 g/mol. The lowest BCUT2D eigenvalue weighted by Crippen LogP contribution is -1.96. The number of rotatable bonds is 2. The lowest BCUT2D eigenvalue weighted by molar-refractivity contribution is 0.326. The van der Waals surface area contributed by atoms with Crippen LogP contribution in [0.1, 0.15) is 20.8 Å². The fourth-order valence-electron chi connectivity index (χ4n) is 0.525. The fraction of sp³-hybridized carbons (Fsp3) is 0.500. The molecule has 0 aliphatic carbocycles. The largest absolute Gasteiger partial charge is 0.511 e. The van der Waals surface area contributed by atoms with Gasteiger partial charge in [0.25, 0.3) is 0 Å². The van der Waals surface area contributed by atoms with Crippen molar-refractivity contribution in [2.45, 2.75) is 20.8 Å². The summed E-state index contributed by atoms with van der Waals surface area (Å²) in [5, 5.41) is 18.0. The van der Waals surface area contributed by atoms with Gasteiger partial charge in [0.1, 0.15) is 11.5 Å². The molecule has 0 rings (SSSR count). The first-order valence-corrected chi connectivity index (χ1v) is 4.31. The Hall–Kier alpha value is -0.510. The van der Waals surface area contributed by atoms with Crippen molar-refractivity contribution in [1.29, 1.82) is 0 Å². The second-order valence-electron chi connectivity index (χ2n) is 2.75. The minimum Gasteiger partial charge on any atom is -0.511 e. The van der Waals surface area contributed by atoms with Gasteiger partial charge in [0.05, 0.1) is 4.48 Å². The van der Waals surface area contributed by atoms with E-state index in [1.807, 2.05) is 0 Å². The first-order chi connectivity index (χ1) is 5.37. The van der Waals surface area contributed by atoms with Crippen LogP contribution in [0.2, 0.25) is 0 Å². The van der Waals surface area contributed by atoms with Gasteiger partial charge in [0, 0.05) is 5.92 Å². The van der Waals surface area contributed by atoms with Crippen LogP contribution in [0.3, 0.4) is 0 Å². The SMILES string of the molecule is C/C(O)=C(Br)\C(F)=C(\O)C(C)C. The first kappa shape index (κ1) is 11.5. The molecule has 0 spiro atoms. The van der Waals surface area contributed by atoms with Gasteiger partial charge in [-0.15, -0.1) is 0 Å². The molecule has 0 aliphatic rings. The molecule has 0 fully saturated rings. The lowest BCUT2D eigenvalue weighted by Gasteiger charge is -2.05. The van der Waals surface area contributed by atoms with Crippen LogP contribution >= 0.6 is 15.9 Å². The molecule has 0 aliphatic heterocycles. The van der Waals surface area contributed by atoms with Gasteiger partial charge in [-0.25, -0.2) is 4.39 Å². The van der Waals surface area contributed by atoms with E-state index < -0.39 is 5.83 Å². The molecule has 0 aromatic carbocycles. The number of halogens is 2. The molecule has 0 radical (unpaired) electrons. The van der Waals surface area contributed by atoms with E-state index in [0.29, 0.717) is 0 Å².